The largest absolute Gasteiger partial charge is 0.456 e. The van der Waals surface area contributed by atoms with Crippen LogP contribution < -0.4 is 4.90 Å². The highest BCUT2D eigenvalue weighted by Gasteiger charge is 2.26. The summed E-state index contributed by atoms with van der Waals surface area (Å²) < 4.78 is 16.4. The molecule has 0 atom stereocenters. The highest BCUT2D eigenvalue weighted by Crippen LogP contribution is 2.50. The summed E-state index contributed by atoms with van der Waals surface area (Å²) in [7, 11) is 0. The number of nitrogens with zero attached hydrogens (tertiary/aromatic N) is 1. The van der Waals surface area contributed by atoms with Crippen molar-refractivity contribution in [1.82, 2.24) is 0 Å². The van der Waals surface area contributed by atoms with Crippen LogP contribution in [0, 0.1) is 0 Å². The summed E-state index contributed by atoms with van der Waals surface area (Å²) in [5.41, 5.74) is 13.3. The standard InChI is InChI=1S/C54H33NO2S/c1-3-13-34(14-4-1)36-25-27-38(28-26-36)50-51-43-18-7-9-23-47(43)56-48(51)33-44-41-19-11-21-45(52(41)57-53(44)50)55(39-31-29-37(30-32-39)35-15-5-2-6-16-35)46-22-12-20-42-40-17-8-10-24-49(40)58-54(42)46/h1-33H. The second kappa shape index (κ2) is 13.1. The van der Waals surface area contributed by atoms with Crippen molar-refractivity contribution in [3.63, 3.8) is 0 Å². The Hall–Kier alpha value is -7.40. The third-order valence-electron chi connectivity index (χ3n) is 11.5. The molecule has 0 amide bonds. The number of rotatable bonds is 6. The van der Waals surface area contributed by atoms with Crippen molar-refractivity contribution in [2.24, 2.45) is 0 Å². The molecule has 0 aliphatic carbocycles. The molecule has 0 unspecified atom stereocenters. The summed E-state index contributed by atoms with van der Waals surface area (Å²) in [6, 6.07) is 71.2. The molecule has 58 heavy (non-hydrogen) atoms. The highest BCUT2D eigenvalue weighted by molar-refractivity contribution is 7.26. The van der Waals surface area contributed by atoms with E-state index < -0.39 is 0 Å². The number of anilines is 3. The quantitative estimate of drug-likeness (QED) is 0.169. The van der Waals surface area contributed by atoms with E-state index in [4.69, 9.17) is 8.83 Å². The van der Waals surface area contributed by atoms with Gasteiger partial charge in [-0.3, -0.25) is 0 Å². The zero-order valence-electron chi connectivity index (χ0n) is 31.2. The first-order chi connectivity index (χ1) is 28.8. The fourth-order valence-electron chi connectivity index (χ4n) is 8.78. The van der Waals surface area contributed by atoms with Crippen LogP contribution >= 0.6 is 11.3 Å². The van der Waals surface area contributed by atoms with Gasteiger partial charge in [-0.05, 0) is 70.3 Å². The Kier molecular flexibility index (Phi) is 7.40. The van der Waals surface area contributed by atoms with Crippen LogP contribution in [-0.2, 0) is 0 Å². The number of thiophene rings is 1. The predicted octanol–water partition coefficient (Wildman–Crippen LogP) is 16.3. The first kappa shape index (κ1) is 32.8. The molecule has 12 rings (SSSR count). The molecule has 9 aromatic carbocycles. The molecule has 0 fully saturated rings. The number of hydrogen-bond acceptors (Lipinski definition) is 4. The summed E-state index contributed by atoms with van der Waals surface area (Å²) >= 11 is 1.83. The normalized spacial score (nSPS) is 11.8. The molecule has 4 heteroatoms. The van der Waals surface area contributed by atoms with Crippen LogP contribution in [0.4, 0.5) is 17.1 Å². The van der Waals surface area contributed by atoms with Crippen molar-refractivity contribution in [1.29, 1.82) is 0 Å². The van der Waals surface area contributed by atoms with E-state index >= 15 is 0 Å². The van der Waals surface area contributed by atoms with Gasteiger partial charge in [0.1, 0.15) is 16.7 Å². The van der Waals surface area contributed by atoms with Crippen LogP contribution in [0.25, 0.3) is 97.4 Å². The van der Waals surface area contributed by atoms with E-state index in [1.807, 2.05) is 23.5 Å². The van der Waals surface area contributed by atoms with Crippen molar-refractivity contribution >= 4 is 92.4 Å². The minimum atomic E-state index is 0.821. The Morgan fingerprint density at radius 3 is 1.67 bits per heavy atom. The Bertz CT molecular complexity index is 3490. The maximum absolute atomic E-state index is 7.32. The minimum absolute atomic E-state index is 0.821. The highest BCUT2D eigenvalue weighted by atomic mass is 32.1. The topological polar surface area (TPSA) is 29.5 Å². The molecule has 0 saturated heterocycles. The smallest absolute Gasteiger partial charge is 0.159 e. The Morgan fingerprint density at radius 1 is 0.362 bits per heavy atom. The average Bonchev–Trinajstić information content (AvgIpc) is 3.99. The molecule has 3 heterocycles. The van der Waals surface area contributed by atoms with Gasteiger partial charge in [0.25, 0.3) is 0 Å². The SMILES string of the molecule is c1ccc(-c2ccc(-c3c4oc5c(N(c6ccc(-c7ccccc7)cc6)c6cccc7c6sc6ccccc67)cccc5c4cc4oc5ccccc5c34)cc2)cc1. The van der Waals surface area contributed by atoms with E-state index in [0.29, 0.717) is 0 Å². The monoisotopic (exact) mass is 759 g/mol. The van der Waals surface area contributed by atoms with Gasteiger partial charge < -0.3 is 13.7 Å². The van der Waals surface area contributed by atoms with Crippen molar-refractivity contribution in [3.8, 4) is 33.4 Å². The first-order valence-electron chi connectivity index (χ1n) is 19.6. The molecule has 3 aromatic heterocycles. The molecule has 0 saturated carbocycles. The lowest BCUT2D eigenvalue weighted by atomic mass is 9.95. The van der Waals surface area contributed by atoms with E-state index in [0.717, 1.165) is 72.1 Å². The fourth-order valence-corrected chi connectivity index (χ4v) is 9.99. The number of furan rings is 2. The summed E-state index contributed by atoms with van der Waals surface area (Å²) in [4.78, 5) is 2.38. The molecule has 0 radical (unpaired) electrons. The van der Waals surface area contributed by atoms with Crippen molar-refractivity contribution in [3.05, 3.63) is 200 Å². The number of fused-ring (bicyclic) bond motifs is 9. The summed E-state index contributed by atoms with van der Waals surface area (Å²) in [6.45, 7) is 0. The maximum Gasteiger partial charge on any atom is 0.159 e. The molecular weight excluding hydrogens is 727 g/mol. The van der Waals surface area contributed by atoms with Crippen molar-refractivity contribution in [2.45, 2.75) is 0 Å². The zero-order chi connectivity index (χ0) is 38.2. The minimum Gasteiger partial charge on any atom is -0.456 e. The second-order valence-corrected chi connectivity index (χ2v) is 15.9. The number of benzene rings is 9. The molecule has 272 valence electrons. The van der Waals surface area contributed by atoms with Crippen LogP contribution in [0.2, 0.25) is 0 Å². The van der Waals surface area contributed by atoms with Gasteiger partial charge in [0.15, 0.2) is 5.58 Å². The Labute approximate surface area is 338 Å². The van der Waals surface area contributed by atoms with Crippen LogP contribution in [0.15, 0.2) is 209 Å². The fraction of sp³-hybridized carbons (Fsp3) is 0. The summed E-state index contributed by atoms with van der Waals surface area (Å²) in [6.07, 6.45) is 0. The average molecular weight is 760 g/mol. The van der Waals surface area contributed by atoms with Crippen LogP contribution in [-0.4, -0.2) is 0 Å². The van der Waals surface area contributed by atoms with Crippen molar-refractivity contribution < 1.29 is 8.83 Å². The molecule has 0 aliphatic rings. The lowest BCUT2D eigenvalue weighted by molar-refractivity contribution is 0.665. The number of hydrogen-bond donors (Lipinski definition) is 0. The van der Waals surface area contributed by atoms with Crippen molar-refractivity contribution in [2.75, 3.05) is 4.90 Å². The Morgan fingerprint density at radius 2 is 0.931 bits per heavy atom. The molecule has 3 nitrogen and oxygen atoms in total. The van der Waals surface area contributed by atoms with Crippen LogP contribution in [0.1, 0.15) is 0 Å². The molecule has 0 N–H and O–H groups in total. The first-order valence-corrected chi connectivity index (χ1v) is 20.4. The molecule has 0 bridgehead atoms. The van der Waals surface area contributed by atoms with Gasteiger partial charge in [0.2, 0.25) is 0 Å². The Balaban J connectivity index is 1.13. The zero-order valence-corrected chi connectivity index (χ0v) is 32.0. The van der Waals surface area contributed by atoms with E-state index in [1.54, 1.807) is 0 Å². The molecule has 0 spiro atoms. The molecule has 0 aliphatic heterocycles. The summed E-state index contributed by atoms with van der Waals surface area (Å²) in [5, 5.41) is 6.69. The van der Waals surface area contributed by atoms with E-state index in [-0.39, 0.29) is 0 Å². The molecular formula is C54H33NO2S. The van der Waals surface area contributed by atoms with Gasteiger partial charge in [-0.15, -0.1) is 11.3 Å². The third-order valence-corrected chi connectivity index (χ3v) is 12.7. The van der Waals surface area contributed by atoms with E-state index in [2.05, 4.69) is 193 Å². The van der Waals surface area contributed by atoms with E-state index in [9.17, 15) is 0 Å². The third kappa shape index (κ3) is 5.12. The second-order valence-electron chi connectivity index (χ2n) is 14.8. The lowest BCUT2D eigenvalue weighted by Gasteiger charge is -2.26. The van der Waals surface area contributed by atoms with Gasteiger partial charge >= 0.3 is 0 Å². The lowest BCUT2D eigenvalue weighted by Crippen LogP contribution is -2.10. The maximum atomic E-state index is 7.32. The van der Waals surface area contributed by atoms with Crippen LogP contribution in [0.3, 0.4) is 0 Å². The van der Waals surface area contributed by atoms with Crippen LogP contribution in [0.5, 0.6) is 0 Å². The van der Waals surface area contributed by atoms with Gasteiger partial charge in [-0.25, -0.2) is 0 Å². The molecule has 12 aromatic rings. The van der Waals surface area contributed by atoms with Gasteiger partial charge in [-0.1, -0.05) is 158 Å². The summed E-state index contributed by atoms with van der Waals surface area (Å²) in [5.74, 6) is 0. The van der Waals surface area contributed by atoms with Gasteiger partial charge in [-0.2, -0.15) is 0 Å². The number of para-hydroxylation sites is 2. The van der Waals surface area contributed by atoms with Gasteiger partial charge in [0.05, 0.1) is 16.1 Å². The van der Waals surface area contributed by atoms with E-state index in [1.165, 1.54) is 42.4 Å². The van der Waals surface area contributed by atoms with Gasteiger partial charge in [0, 0.05) is 48.3 Å². The predicted molar refractivity (Wildman–Crippen MR) is 245 cm³/mol.